The quantitative estimate of drug-likeness (QED) is 0.680. The zero-order valence-corrected chi connectivity index (χ0v) is 14.1. The average Bonchev–Trinajstić information content (AvgIpc) is 2.77. The predicted octanol–water partition coefficient (Wildman–Crippen LogP) is 4.28. The molecule has 2 aromatic carbocycles. The SMILES string of the molecule is COc1cc(-n2c(N)nc3c(F)cccc32)c(Br)cc1Br. The Hall–Kier alpha value is -1.60. The van der Waals surface area contributed by atoms with Crippen LogP contribution in [0.15, 0.2) is 39.3 Å². The number of imidazole rings is 1. The molecule has 1 heterocycles. The molecular weight excluding hydrogens is 405 g/mol. The summed E-state index contributed by atoms with van der Waals surface area (Å²) < 4.78 is 22.4. The fourth-order valence-electron chi connectivity index (χ4n) is 2.18. The van der Waals surface area contributed by atoms with Gasteiger partial charge in [0.05, 0.1) is 22.8 Å². The second-order valence-corrected chi connectivity index (χ2v) is 6.06. The monoisotopic (exact) mass is 413 g/mol. The minimum absolute atomic E-state index is 0.208. The van der Waals surface area contributed by atoms with Gasteiger partial charge in [0.2, 0.25) is 5.95 Å². The van der Waals surface area contributed by atoms with E-state index in [9.17, 15) is 4.39 Å². The number of benzene rings is 2. The minimum atomic E-state index is -0.404. The van der Waals surface area contributed by atoms with Crippen LogP contribution in [0.3, 0.4) is 0 Å². The normalized spacial score (nSPS) is 11.0. The lowest BCUT2D eigenvalue weighted by atomic mass is 10.2. The molecule has 3 aromatic rings. The van der Waals surface area contributed by atoms with Crippen molar-refractivity contribution in [1.82, 2.24) is 9.55 Å². The maximum atomic E-state index is 13.8. The molecule has 108 valence electrons. The van der Waals surface area contributed by atoms with Crippen molar-refractivity contribution in [3.05, 3.63) is 45.1 Å². The van der Waals surface area contributed by atoms with E-state index in [0.29, 0.717) is 11.3 Å². The first kappa shape index (κ1) is 14.3. The van der Waals surface area contributed by atoms with Crippen molar-refractivity contribution in [3.8, 4) is 11.4 Å². The summed E-state index contributed by atoms with van der Waals surface area (Å²) in [6.45, 7) is 0. The van der Waals surface area contributed by atoms with Crippen molar-refractivity contribution < 1.29 is 9.13 Å². The zero-order valence-electron chi connectivity index (χ0n) is 10.9. The lowest BCUT2D eigenvalue weighted by molar-refractivity contribution is 0.412. The van der Waals surface area contributed by atoms with E-state index in [1.807, 2.05) is 6.07 Å². The molecule has 0 saturated carbocycles. The molecule has 0 aliphatic rings. The number of aromatic nitrogens is 2. The number of ether oxygens (including phenoxy) is 1. The van der Waals surface area contributed by atoms with Gasteiger partial charge in [0.15, 0.2) is 5.82 Å². The molecule has 0 radical (unpaired) electrons. The van der Waals surface area contributed by atoms with E-state index < -0.39 is 5.82 Å². The van der Waals surface area contributed by atoms with Gasteiger partial charge >= 0.3 is 0 Å². The summed E-state index contributed by atoms with van der Waals surface area (Å²) >= 11 is 6.90. The summed E-state index contributed by atoms with van der Waals surface area (Å²) in [6, 6.07) is 8.40. The van der Waals surface area contributed by atoms with Crippen LogP contribution < -0.4 is 10.5 Å². The number of halogens is 3. The van der Waals surface area contributed by atoms with Crippen LogP contribution in [0.1, 0.15) is 0 Å². The van der Waals surface area contributed by atoms with E-state index in [1.54, 1.807) is 29.9 Å². The molecule has 0 amide bonds. The van der Waals surface area contributed by atoms with Crippen molar-refractivity contribution in [2.45, 2.75) is 0 Å². The topological polar surface area (TPSA) is 53.1 Å². The second kappa shape index (κ2) is 5.31. The third-order valence-corrected chi connectivity index (χ3v) is 4.38. The number of nitrogen functional groups attached to an aromatic ring is 1. The van der Waals surface area contributed by atoms with Gasteiger partial charge in [-0.05, 0) is 50.1 Å². The molecule has 21 heavy (non-hydrogen) atoms. The van der Waals surface area contributed by atoms with Gasteiger partial charge in [0.1, 0.15) is 11.3 Å². The van der Waals surface area contributed by atoms with Gasteiger partial charge in [-0.25, -0.2) is 9.37 Å². The number of rotatable bonds is 2. The van der Waals surface area contributed by atoms with Crippen molar-refractivity contribution >= 4 is 48.8 Å². The summed E-state index contributed by atoms with van der Waals surface area (Å²) in [5.41, 5.74) is 7.52. The zero-order chi connectivity index (χ0) is 15.1. The van der Waals surface area contributed by atoms with Crippen molar-refractivity contribution in [2.24, 2.45) is 0 Å². The maximum absolute atomic E-state index is 13.8. The van der Waals surface area contributed by atoms with Crippen LogP contribution in [-0.2, 0) is 0 Å². The molecule has 0 spiro atoms. The van der Waals surface area contributed by atoms with Crippen molar-refractivity contribution in [2.75, 3.05) is 12.8 Å². The first-order chi connectivity index (χ1) is 10.0. The van der Waals surface area contributed by atoms with E-state index in [4.69, 9.17) is 10.5 Å². The van der Waals surface area contributed by atoms with E-state index in [-0.39, 0.29) is 11.5 Å². The van der Waals surface area contributed by atoms with E-state index >= 15 is 0 Å². The fraction of sp³-hybridized carbons (Fsp3) is 0.0714. The van der Waals surface area contributed by atoms with Gasteiger partial charge in [-0.3, -0.25) is 4.57 Å². The van der Waals surface area contributed by atoms with Gasteiger partial charge in [-0.1, -0.05) is 6.07 Å². The van der Waals surface area contributed by atoms with E-state index in [1.165, 1.54) is 6.07 Å². The molecule has 0 bridgehead atoms. The van der Waals surface area contributed by atoms with Crippen molar-refractivity contribution in [3.63, 3.8) is 0 Å². The number of anilines is 1. The summed E-state index contributed by atoms with van der Waals surface area (Å²) in [7, 11) is 1.58. The van der Waals surface area contributed by atoms with Gasteiger partial charge in [0, 0.05) is 10.5 Å². The summed E-state index contributed by atoms with van der Waals surface area (Å²) in [5.74, 6) is 0.448. The standard InChI is InChI=1S/C14H10Br2FN3O/c1-21-12-6-11(7(15)5-8(12)16)20-10-4-2-3-9(17)13(10)19-14(20)18/h2-6H,1H3,(H2,18,19). The highest BCUT2D eigenvalue weighted by Crippen LogP contribution is 2.36. The molecule has 0 saturated heterocycles. The third-order valence-electron chi connectivity index (χ3n) is 3.12. The van der Waals surface area contributed by atoms with Crippen LogP contribution in [0.25, 0.3) is 16.7 Å². The number of methoxy groups -OCH3 is 1. The van der Waals surface area contributed by atoms with E-state index in [2.05, 4.69) is 36.8 Å². The second-order valence-electron chi connectivity index (χ2n) is 4.35. The Labute approximate surface area is 137 Å². The molecule has 7 heteroatoms. The lowest BCUT2D eigenvalue weighted by Crippen LogP contribution is -2.02. The molecule has 0 aliphatic heterocycles. The fourth-order valence-corrected chi connectivity index (χ4v) is 3.52. The highest BCUT2D eigenvalue weighted by atomic mass is 79.9. The highest BCUT2D eigenvalue weighted by molar-refractivity contribution is 9.11. The van der Waals surface area contributed by atoms with Gasteiger partial charge in [0.25, 0.3) is 0 Å². The van der Waals surface area contributed by atoms with Crippen LogP contribution in [-0.4, -0.2) is 16.7 Å². The largest absolute Gasteiger partial charge is 0.495 e. The van der Waals surface area contributed by atoms with Gasteiger partial charge in [-0.2, -0.15) is 0 Å². The highest BCUT2D eigenvalue weighted by Gasteiger charge is 2.16. The molecule has 0 aliphatic carbocycles. The van der Waals surface area contributed by atoms with Gasteiger partial charge in [-0.15, -0.1) is 0 Å². The summed E-state index contributed by atoms with van der Waals surface area (Å²) in [6.07, 6.45) is 0. The molecule has 0 fully saturated rings. The first-order valence-electron chi connectivity index (χ1n) is 5.98. The Morgan fingerprint density at radius 3 is 2.71 bits per heavy atom. The van der Waals surface area contributed by atoms with Crippen molar-refractivity contribution in [1.29, 1.82) is 0 Å². The Morgan fingerprint density at radius 1 is 1.24 bits per heavy atom. The Bertz CT molecular complexity index is 848. The van der Waals surface area contributed by atoms with E-state index in [0.717, 1.165) is 14.6 Å². The lowest BCUT2D eigenvalue weighted by Gasteiger charge is -2.12. The van der Waals surface area contributed by atoms with Crippen LogP contribution in [0.5, 0.6) is 5.75 Å². The number of fused-ring (bicyclic) bond motifs is 1. The van der Waals surface area contributed by atoms with Gasteiger partial charge < -0.3 is 10.5 Å². The number of para-hydroxylation sites is 1. The van der Waals surface area contributed by atoms with Crippen LogP contribution >= 0.6 is 31.9 Å². The number of hydrogen-bond donors (Lipinski definition) is 1. The third kappa shape index (κ3) is 2.30. The first-order valence-corrected chi connectivity index (χ1v) is 7.57. The minimum Gasteiger partial charge on any atom is -0.495 e. The van der Waals surface area contributed by atoms with Crippen LogP contribution in [0.2, 0.25) is 0 Å². The van der Waals surface area contributed by atoms with Crippen LogP contribution in [0, 0.1) is 5.82 Å². The average molecular weight is 415 g/mol. The number of hydrogen-bond acceptors (Lipinski definition) is 3. The molecule has 0 unspecified atom stereocenters. The molecule has 1 aromatic heterocycles. The maximum Gasteiger partial charge on any atom is 0.206 e. The summed E-state index contributed by atoms with van der Waals surface area (Å²) in [5, 5.41) is 0. The predicted molar refractivity (Wildman–Crippen MR) is 87.4 cm³/mol. The smallest absolute Gasteiger partial charge is 0.206 e. The van der Waals surface area contributed by atoms with Crippen LogP contribution in [0.4, 0.5) is 10.3 Å². The Morgan fingerprint density at radius 2 is 2.00 bits per heavy atom. The Kier molecular flexibility index (Phi) is 3.62. The number of nitrogens with zero attached hydrogens (tertiary/aromatic N) is 2. The Balaban J connectivity index is 2.35. The molecule has 3 rings (SSSR count). The molecule has 0 atom stereocenters. The molecular formula is C14H10Br2FN3O. The molecule has 2 N–H and O–H groups in total. The number of nitrogens with two attached hydrogens (primary N) is 1. The summed E-state index contributed by atoms with van der Waals surface area (Å²) in [4.78, 5) is 4.10. The molecule has 4 nitrogen and oxygen atoms in total.